The molecule has 1 aliphatic heterocycles. The number of rotatable bonds is 7. The number of fused-ring (bicyclic) bond motifs is 1. The molecule has 0 saturated carbocycles. The minimum Gasteiger partial charge on any atom is -0.507 e. The number of aromatic nitrogens is 2. The van der Waals surface area contributed by atoms with Crippen molar-refractivity contribution in [3.8, 4) is 16.9 Å². The zero-order valence-corrected chi connectivity index (χ0v) is 19.7. The zero-order valence-electron chi connectivity index (χ0n) is 18.9. The van der Waals surface area contributed by atoms with Crippen molar-refractivity contribution in [1.82, 2.24) is 19.8 Å². The van der Waals surface area contributed by atoms with Gasteiger partial charge in [-0.25, -0.2) is 4.79 Å². The van der Waals surface area contributed by atoms with E-state index in [1.54, 1.807) is 12.4 Å². The molecule has 2 N–H and O–H groups in total. The van der Waals surface area contributed by atoms with Gasteiger partial charge >= 0.3 is 5.97 Å². The molecule has 1 fully saturated rings. The van der Waals surface area contributed by atoms with Crippen LogP contribution in [0.4, 0.5) is 0 Å². The molecule has 8 heteroatoms. The molecule has 0 amide bonds. The normalized spacial score (nSPS) is 14.0. The smallest absolute Gasteiger partial charge is 0.340 e. The van der Waals surface area contributed by atoms with Crippen LogP contribution in [0.2, 0.25) is 0 Å². The van der Waals surface area contributed by atoms with Crippen LogP contribution < -0.4 is 5.32 Å². The first-order valence-corrected chi connectivity index (χ1v) is 10.9. The number of hydrogen-bond donors (Lipinski definition) is 2. The first kappa shape index (κ1) is 24.0. The molecule has 1 aromatic carbocycles. The molecule has 2 aromatic heterocycles. The predicted molar refractivity (Wildman–Crippen MR) is 128 cm³/mol. The summed E-state index contributed by atoms with van der Waals surface area (Å²) >= 11 is 0. The third-order valence-corrected chi connectivity index (χ3v) is 6.06. The van der Waals surface area contributed by atoms with Crippen molar-refractivity contribution in [2.75, 3.05) is 26.7 Å². The number of aryl methyl sites for hydroxylation is 1. The van der Waals surface area contributed by atoms with E-state index >= 15 is 0 Å². The highest BCUT2D eigenvalue weighted by atomic mass is 35.5. The molecular weight excluding hydrogens is 428 g/mol. The highest BCUT2D eigenvalue weighted by molar-refractivity contribution is 6.09. The highest BCUT2D eigenvalue weighted by Gasteiger charge is 2.29. The van der Waals surface area contributed by atoms with Gasteiger partial charge in [-0.3, -0.25) is 9.88 Å². The maximum absolute atomic E-state index is 13.1. The number of likely N-dealkylation sites (tertiary alicyclic amines) is 1. The highest BCUT2D eigenvalue weighted by Crippen LogP contribution is 2.41. The molecule has 7 nitrogen and oxygen atoms in total. The number of phenols is 1. The molecule has 1 aliphatic rings. The fourth-order valence-electron chi connectivity index (χ4n) is 4.57. The van der Waals surface area contributed by atoms with Crippen LogP contribution in [-0.2, 0) is 24.9 Å². The molecule has 3 aromatic rings. The van der Waals surface area contributed by atoms with E-state index in [2.05, 4.69) is 19.8 Å². The number of nitrogens with zero attached hydrogens (tertiary/aromatic N) is 3. The lowest BCUT2D eigenvalue weighted by atomic mass is 9.96. The van der Waals surface area contributed by atoms with Crippen LogP contribution >= 0.6 is 12.4 Å². The van der Waals surface area contributed by atoms with Gasteiger partial charge < -0.3 is 19.7 Å². The maximum atomic E-state index is 13.1. The number of pyridine rings is 1. The molecule has 1 saturated heterocycles. The summed E-state index contributed by atoms with van der Waals surface area (Å²) in [5, 5.41) is 15.2. The second-order valence-electron chi connectivity index (χ2n) is 8.00. The van der Waals surface area contributed by atoms with E-state index in [1.165, 1.54) is 12.8 Å². The van der Waals surface area contributed by atoms with Gasteiger partial charge in [-0.2, -0.15) is 0 Å². The number of carbonyl (C=O) groups is 1. The molecule has 0 bridgehead atoms. The number of nitrogens with one attached hydrogen (secondary N) is 1. The molecular formula is C24H31ClN4O3. The number of phenolic OH excluding ortho intramolecular Hbond substituents is 1. The molecule has 4 rings (SSSR count). The van der Waals surface area contributed by atoms with Crippen molar-refractivity contribution in [2.24, 2.45) is 7.05 Å². The summed E-state index contributed by atoms with van der Waals surface area (Å²) in [6.07, 6.45) is 5.80. The van der Waals surface area contributed by atoms with Crippen LogP contribution in [0.3, 0.4) is 0 Å². The molecule has 0 aliphatic carbocycles. The van der Waals surface area contributed by atoms with Crippen molar-refractivity contribution < 1.29 is 14.6 Å². The number of aromatic hydroxyl groups is 1. The van der Waals surface area contributed by atoms with Crippen molar-refractivity contribution >= 4 is 29.3 Å². The zero-order chi connectivity index (χ0) is 22.0. The molecule has 32 heavy (non-hydrogen) atoms. The first-order chi connectivity index (χ1) is 15.1. The van der Waals surface area contributed by atoms with Crippen LogP contribution in [-0.4, -0.2) is 52.3 Å². The van der Waals surface area contributed by atoms with Gasteiger partial charge in [-0.15, -0.1) is 12.4 Å². The van der Waals surface area contributed by atoms with Crippen LogP contribution in [0.15, 0.2) is 30.6 Å². The third-order valence-electron chi connectivity index (χ3n) is 6.06. The predicted octanol–water partition coefficient (Wildman–Crippen LogP) is 3.86. The third kappa shape index (κ3) is 4.33. The Hall–Kier alpha value is -2.61. The Morgan fingerprint density at radius 3 is 2.69 bits per heavy atom. The quantitative estimate of drug-likeness (QED) is 0.523. The SMILES string of the molecule is CCOC(=O)c1c(CN2CCCC2)n(C)c2cc(-c3cccnc3)c(O)c(CNC)c12.Cl. The lowest BCUT2D eigenvalue weighted by molar-refractivity contribution is 0.0526. The van der Waals surface area contributed by atoms with E-state index < -0.39 is 0 Å². The Labute approximate surface area is 194 Å². The van der Waals surface area contributed by atoms with Gasteiger partial charge in [0.05, 0.1) is 17.7 Å². The minimum absolute atomic E-state index is 0. The molecule has 0 spiro atoms. The van der Waals surface area contributed by atoms with Crippen molar-refractivity contribution in [1.29, 1.82) is 0 Å². The molecule has 0 radical (unpaired) electrons. The summed E-state index contributed by atoms with van der Waals surface area (Å²) in [6.45, 7) is 5.28. The fraction of sp³-hybridized carbons (Fsp3) is 0.417. The van der Waals surface area contributed by atoms with Crippen LogP contribution in [0.1, 0.15) is 41.4 Å². The number of esters is 1. The van der Waals surface area contributed by atoms with E-state index in [-0.39, 0.29) is 24.1 Å². The molecule has 0 atom stereocenters. The Kier molecular flexibility index (Phi) is 7.77. The summed E-state index contributed by atoms with van der Waals surface area (Å²) in [5.41, 5.74) is 4.62. The van der Waals surface area contributed by atoms with Crippen LogP contribution in [0, 0.1) is 0 Å². The second-order valence-corrected chi connectivity index (χ2v) is 8.00. The Morgan fingerprint density at radius 1 is 1.31 bits per heavy atom. The minimum atomic E-state index is -0.340. The van der Waals surface area contributed by atoms with E-state index in [0.717, 1.165) is 35.2 Å². The van der Waals surface area contributed by atoms with Crippen molar-refractivity contribution in [2.45, 2.75) is 32.9 Å². The Balaban J connectivity index is 0.00000289. The van der Waals surface area contributed by atoms with Gasteiger partial charge in [-0.1, -0.05) is 6.07 Å². The molecule has 172 valence electrons. The number of hydrogen-bond acceptors (Lipinski definition) is 6. The largest absolute Gasteiger partial charge is 0.507 e. The summed E-state index contributed by atoms with van der Waals surface area (Å²) in [7, 11) is 3.82. The molecule has 3 heterocycles. The summed E-state index contributed by atoms with van der Waals surface area (Å²) < 4.78 is 7.54. The fourth-order valence-corrected chi connectivity index (χ4v) is 4.57. The average molecular weight is 459 g/mol. The number of ether oxygens (including phenoxy) is 1. The lowest BCUT2D eigenvalue weighted by Gasteiger charge is -2.16. The summed E-state index contributed by atoms with van der Waals surface area (Å²) in [6, 6.07) is 5.74. The second kappa shape index (κ2) is 10.3. The van der Waals surface area contributed by atoms with Gasteiger partial charge in [0.1, 0.15) is 5.75 Å². The van der Waals surface area contributed by atoms with Gasteiger partial charge in [0.15, 0.2) is 0 Å². The number of carbonyl (C=O) groups excluding carboxylic acids is 1. The van der Waals surface area contributed by atoms with E-state index in [1.807, 2.05) is 39.2 Å². The number of benzene rings is 1. The van der Waals surface area contributed by atoms with Crippen LogP contribution in [0.5, 0.6) is 5.75 Å². The first-order valence-electron chi connectivity index (χ1n) is 10.9. The summed E-state index contributed by atoms with van der Waals surface area (Å²) in [5.74, 6) is -0.174. The van der Waals surface area contributed by atoms with Crippen molar-refractivity contribution in [3.05, 3.63) is 47.4 Å². The number of halogens is 1. The Morgan fingerprint density at radius 2 is 2.06 bits per heavy atom. The van der Waals surface area contributed by atoms with Gasteiger partial charge in [0, 0.05) is 60.3 Å². The molecule has 0 unspecified atom stereocenters. The average Bonchev–Trinajstić information content (AvgIpc) is 3.38. The lowest BCUT2D eigenvalue weighted by Crippen LogP contribution is -2.22. The Bertz CT molecular complexity index is 1090. The van der Waals surface area contributed by atoms with Crippen LogP contribution in [0.25, 0.3) is 22.0 Å². The summed E-state index contributed by atoms with van der Waals surface area (Å²) in [4.78, 5) is 19.7. The monoisotopic (exact) mass is 458 g/mol. The van der Waals surface area contributed by atoms with E-state index in [4.69, 9.17) is 4.74 Å². The van der Waals surface area contributed by atoms with Gasteiger partial charge in [0.2, 0.25) is 0 Å². The standard InChI is InChI=1S/C24H30N4O3.ClH/c1-4-31-24(30)22-20(15-28-10-5-6-11-28)27(3)19-12-17(16-8-7-9-26-13-16)23(29)18(14-25-2)21(19)22;/h7-9,12-13,25,29H,4-6,10-11,14-15H2,1-3H3;1H. The maximum Gasteiger partial charge on any atom is 0.340 e. The van der Waals surface area contributed by atoms with Crippen molar-refractivity contribution in [3.63, 3.8) is 0 Å². The van der Waals surface area contributed by atoms with Gasteiger partial charge in [0.25, 0.3) is 0 Å². The topological polar surface area (TPSA) is 79.6 Å². The van der Waals surface area contributed by atoms with Gasteiger partial charge in [-0.05, 0) is 52.0 Å². The van der Waals surface area contributed by atoms with E-state index in [0.29, 0.717) is 36.4 Å². The van der Waals surface area contributed by atoms with E-state index in [9.17, 15) is 9.90 Å².